The largest absolute Gasteiger partial charge is 0.398 e. The standard InChI is InChI=1S/C25H24N8S/c26-14-17-12-19(6-7-21(17)27)30-23-20-13-22(32-24(20)29-15-28-23)16-8-10-33(11-9-16)25(34)31-18-4-2-1-3-5-18/h1-8,12-15,26H,9-11,27H2,(H,31,34)(H2,28,29,30,32). The van der Waals surface area contributed by atoms with E-state index in [4.69, 9.17) is 23.4 Å². The van der Waals surface area contributed by atoms with Gasteiger partial charge < -0.3 is 31.7 Å². The summed E-state index contributed by atoms with van der Waals surface area (Å²) < 4.78 is 0. The number of nitrogen functional groups attached to an aromatic ring is 1. The highest BCUT2D eigenvalue weighted by Crippen LogP contribution is 2.29. The number of aromatic amines is 1. The number of nitrogens with one attached hydrogen (secondary N) is 4. The lowest BCUT2D eigenvalue weighted by Gasteiger charge is -2.28. The van der Waals surface area contributed by atoms with E-state index in [-0.39, 0.29) is 0 Å². The third kappa shape index (κ3) is 4.46. The molecular weight excluding hydrogens is 444 g/mol. The minimum atomic E-state index is 0.564. The Morgan fingerprint density at radius 1 is 1.12 bits per heavy atom. The summed E-state index contributed by atoms with van der Waals surface area (Å²) in [6.07, 6.45) is 5.83. The van der Waals surface area contributed by atoms with Gasteiger partial charge in [-0.3, -0.25) is 0 Å². The van der Waals surface area contributed by atoms with Crippen molar-refractivity contribution in [3.63, 3.8) is 0 Å². The van der Waals surface area contributed by atoms with E-state index >= 15 is 0 Å². The molecule has 2 aromatic heterocycles. The van der Waals surface area contributed by atoms with Crippen molar-refractivity contribution in [2.45, 2.75) is 6.42 Å². The number of hydrogen-bond donors (Lipinski definition) is 5. The first-order chi connectivity index (χ1) is 16.6. The number of nitrogens with zero attached hydrogens (tertiary/aromatic N) is 3. The number of fused-ring (bicyclic) bond motifs is 1. The number of rotatable bonds is 5. The van der Waals surface area contributed by atoms with Crippen molar-refractivity contribution in [1.82, 2.24) is 19.9 Å². The SMILES string of the molecule is N=Cc1cc(Nc2ncnc3[nH]c(C4=CCN(C(=S)Nc5ccccc5)CC4)cc23)ccc1N. The van der Waals surface area contributed by atoms with Gasteiger partial charge in [0.1, 0.15) is 17.8 Å². The summed E-state index contributed by atoms with van der Waals surface area (Å²) in [7, 11) is 0. The third-order valence-electron chi connectivity index (χ3n) is 5.80. The molecule has 0 spiro atoms. The summed E-state index contributed by atoms with van der Waals surface area (Å²) in [6.45, 7) is 1.56. The van der Waals surface area contributed by atoms with Crippen LogP contribution in [0.15, 0.2) is 67.0 Å². The lowest BCUT2D eigenvalue weighted by molar-refractivity contribution is 0.466. The molecule has 34 heavy (non-hydrogen) atoms. The highest BCUT2D eigenvalue weighted by Gasteiger charge is 2.18. The molecule has 0 radical (unpaired) electrons. The van der Waals surface area contributed by atoms with E-state index in [1.807, 2.05) is 42.5 Å². The predicted octanol–water partition coefficient (Wildman–Crippen LogP) is 4.77. The number of aromatic nitrogens is 3. The van der Waals surface area contributed by atoms with Crippen LogP contribution in [0.4, 0.5) is 22.9 Å². The van der Waals surface area contributed by atoms with Crippen LogP contribution < -0.4 is 16.4 Å². The van der Waals surface area contributed by atoms with E-state index in [2.05, 4.69) is 42.6 Å². The molecule has 0 bridgehead atoms. The minimum absolute atomic E-state index is 0.564. The molecule has 4 aromatic rings. The Kier molecular flexibility index (Phi) is 5.92. The van der Waals surface area contributed by atoms with Crippen LogP contribution in [-0.4, -0.2) is 44.3 Å². The van der Waals surface area contributed by atoms with Crippen molar-refractivity contribution in [1.29, 1.82) is 5.41 Å². The minimum Gasteiger partial charge on any atom is -0.398 e. The summed E-state index contributed by atoms with van der Waals surface area (Å²) in [5, 5.41) is 15.8. The van der Waals surface area contributed by atoms with Crippen LogP contribution in [-0.2, 0) is 0 Å². The second kappa shape index (κ2) is 9.32. The first-order valence-electron chi connectivity index (χ1n) is 10.9. The number of thiocarbonyl (C=S) groups is 1. The molecule has 0 atom stereocenters. The van der Waals surface area contributed by atoms with Crippen LogP contribution >= 0.6 is 12.2 Å². The molecule has 1 aliphatic rings. The number of hydrogen-bond acceptors (Lipinski definition) is 6. The van der Waals surface area contributed by atoms with E-state index in [1.54, 1.807) is 6.07 Å². The molecule has 0 unspecified atom stereocenters. The fourth-order valence-corrected chi connectivity index (χ4v) is 4.23. The van der Waals surface area contributed by atoms with Gasteiger partial charge in [0.25, 0.3) is 0 Å². The van der Waals surface area contributed by atoms with E-state index in [0.717, 1.165) is 52.7 Å². The maximum atomic E-state index is 7.52. The zero-order valence-corrected chi connectivity index (χ0v) is 19.2. The number of H-pyrrole nitrogens is 1. The van der Waals surface area contributed by atoms with Crippen molar-refractivity contribution in [2.75, 3.05) is 29.5 Å². The lowest BCUT2D eigenvalue weighted by atomic mass is 10.1. The van der Waals surface area contributed by atoms with Gasteiger partial charge in [0, 0.05) is 47.6 Å². The maximum Gasteiger partial charge on any atom is 0.173 e. The van der Waals surface area contributed by atoms with Gasteiger partial charge >= 0.3 is 0 Å². The normalized spacial score (nSPS) is 13.4. The number of anilines is 4. The van der Waals surface area contributed by atoms with Crippen LogP contribution in [0.5, 0.6) is 0 Å². The molecule has 5 rings (SSSR count). The van der Waals surface area contributed by atoms with E-state index in [9.17, 15) is 0 Å². The van der Waals surface area contributed by atoms with Crippen molar-refractivity contribution in [3.05, 3.63) is 78.3 Å². The Labute approximate surface area is 202 Å². The highest BCUT2D eigenvalue weighted by atomic mass is 32.1. The molecule has 1 aliphatic heterocycles. The van der Waals surface area contributed by atoms with Gasteiger partial charge in [-0.1, -0.05) is 24.3 Å². The quantitative estimate of drug-likeness (QED) is 0.163. The van der Waals surface area contributed by atoms with Gasteiger partial charge in [0.2, 0.25) is 0 Å². The summed E-state index contributed by atoms with van der Waals surface area (Å²) in [4.78, 5) is 14.4. The van der Waals surface area contributed by atoms with Crippen LogP contribution in [0.3, 0.4) is 0 Å². The van der Waals surface area contributed by atoms with E-state index < -0.39 is 0 Å². The van der Waals surface area contributed by atoms with Gasteiger partial charge in [-0.2, -0.15) is 0 Å². The van der Waals surface area contributed by atoms with Gasteiger partial charge in [-0.05, 0) is 60.6 Å². The number of benzene rings is 2. The smallest absolute Gasteiger partial charge is 0.173 e. The molecule has 0 amide bonds. The van der Waals surface area contributed by atoms with Crippen molar-refractivity contribution in [3.8, 4) is 0 Å². The fourth-order valence-electron chi connectivity index (χ4n) is 3.95. The molecule has 0 fully saturated rings. The van der Waals surface area contributed by atoms with Crippen LogP contribution in [0.2, 0.25) is 0 Å². The van der Waals surface area contributed by atoms with Gasteiger partial charge in [0.15, 0.2) is 5.11 Å². The van der Waals surface area contributed by atoms with Crippen LogP contribution in [0.1, 0.15) is 17.7 Å². The average Bonchev–Trinajstić information content (AvgIpc) is 3.31. The molecule has 2 aromatic carbocycles. The highest BCUT2D eigenvalue weighted by molar-refractivity contribution is 7.80. The molecule has 170 valence electrons. The Bertz CT molecular complexity index is 1390. The number of para-hydroxylation sites is 1. The molecule has 6 N–H and O–H groups in total. The Morgan fingerprint density at radius 2 is 1.97 bits per heavy atom. The molecule has 0 saturated carbocycles. The Hall–Kier alpha value is -4.24. The summed E-state index contributed by atoms with van der Waals surface area (Å²) in [6, 6.07) is 17.5. The monoisotopic (exact) mass is 468 g/mol. The third-order valence-corrected chi connectivity index (χ3v) is 6.16. The zero-order chi connectivity index (χ0) is 23.5. The predicted molar refractivity (Wildman–Crippen MR) is 143 cm³/mol. The Morgan fingerprint density at radius 3 is 2.74 bits per heavy atom. The molecule has 0 saturated heterocycles. The second-order valence-corrected chi connectivity index (χ2v) is 8.39. The van der Waals surface area contributed by atoms with Crippen molar-refractivity contribution in [2.24, 2.45) is 0 Å². The zero-order valence-electron chi connectivity index (χ0n) is 18.4. The lowest BCUT2D eigenvalue weighted by Crippen LogP contribution is -2.37. The molecule has 3 heterocycles. The molecule has 8 nitrogen and oxygen atoms in total. The van der Waals surface area contributed by atoms with Crippen LogP contribution in [0.25, 0.3) is 16.6 Å². The topological polar surface area (TPSA) is 119 Å². The van der Waals surface area contributed by atoms with Crippen molar-refractivity contribution < 1.29 is 0 Å². The van der Waals surface area contributed by atoms with Crippen LogP contribution in [0, 0.1) is 5.41 Å². The summed E-state index contributed by atoms with van der Waals surface area (Å²) in [5.74, 6) is 0.694. The summed E-state index contributed by atoms with van der Waals surface area (Å²) >= 11 is 5.60. The number of nitrogens with two attached hydrogens (primary N) is 1. The van der Waals surface area contributed by atoms with E-state index in [0.29, 0.717) is 17.1 Å². The average molecular weight is 469 g/mol. The van der Waals surface area contributed by atoms with E-state index in [1.165, 1.54) is 18.1 Å². The van der Waals surface area contributed by atoms with Crippen molar-refractivity contribution >= 4 is 63.0 Å². The summed E-state index contributed by atoms with van der Waals surface area (Å²) in [5.41, 5.74) is 11.9. The molecule has 9 heteroatoms. The molecule has 0 aliphatic carbocycles. The first-order valence-corrected chi connectivity index (χ1v) is 11.3. The molecular formula is C25H24N8S. The Balaban J connectivity index is 1.33. The first kappa shape index (κ1) is 21.6. The maximum absolute atomic E-state index is 7.52. The van der Waals surface area contributed by atoms with Gasteiger partial charge in [-0.25, -0.2) is 9.97 Å². The second-order valence-electron chi connectivity index (χ2n) is 8.00. The van der Waals surface area contributed by atoms with Gasteiger partial charge in [0.05, 0.1) is 5.39 Å². The van der Waals surface area contributed by atoms with Gasteiger partial charge in [-0.15, -0.1) is 0 Å². The fraction of sp³-hybridized carbons (Fsp3) is 0.120.